The second kappa shape index (κ2) is 6.45. The Bertz CT molecular complexity index is 742. The van der Waals surface area contributed by atoms with Gasteiger partial charge in [-0.25, -0.2) is 4.79 Å². The van der Waals surface area contributed by atoms with Crippen LogP contribution in [-0.2, 0) is 22.4 Å². The number of aromatic nitrogens is 2. The minimum absolute atomic E-state index is 0.366. The van der Waals surface area contributed by atoms with Crippen molar-refractivity contribution in [2.24, 2.45) is 5.92 Å². The van der Waals surface area contributed by atoms with Crippen molar-refractivity contribution in [1.29, 1.82) is 0 Å². The maximum absolute atomic E-state index is 12.3. The van der Waals surface area contributed by atoms with Crippen molar-refractivity contribution < 1.29 is 14.3 Å². The predicted octanol–water partition coefficient (Wildman–Crippen LogP) is 2.46. The van der Waals surface area contributed by atoms with Crippen LogP contribution in [0.1, 0.15) is 34.8 Å². The fraction of sp³-hybridized carbons (Fsp3) is 0.375. The molecule has 120 valence electrons. The van der Waals surface area contributed by atoms with E-state index in [2.05, 4.69) is 29.4 Å². The third-order valence-electron chi connectivity index (χ3n) is 3.46. The highest BCUT2D eigenvalue weighted by Crippen LogP contribution is 2.23. The molecule has 0 fully saturated rings. The number of cyclic esters (lactones) is 1. The molecule has 1 amide bonds. The Morgan fingerprint density at radius 2 is 2.17 bits per heavy atom. The van der Waals surface area contributed by atoms with E-state index in [9.17, 15) is 9.59 Å². The first-order chi connectivity index (χ1) is 11.0. The quantitative estimate of drug-likeness (QED) is 0.870. The zero-order valence-corrected chi connectivity index (χ0v) is 13.7. The molecule has 1 aliphatic heterocycles. The Balaban J connectivity index is 1.67. The molecule has 1 unspecified atom stereocenters. The van der Waals surface area contributed by atoms with Gasteiger partial charge in [-0.1, -0.05) is 43.4 Å². The van der Waals surface area contributed by atoms with E-state index < -0.39 is 12.1 Å². The van der Waals surface area contributed by atoms with Gasteiger partial charge in [-0.2, -0.15) is 0 Å². The molecule has 0 saturated heterocycles. The highest BCUT2D eigenvalue weighted by atomic mass is 32.1. The van der Waals surface area contributed by atoms with Crippen LogP contribution in [0.4, 0.5) is 5.13 Å². The summed E-state index contributed by atoms with van der Waals surface area (Å²) in [7, 11) is 0. The van der Waals surface area contributed by atoms with Gasteiger partial charge in [0.05, 0.1) is 5.56 Å². The molecule has 1 atom stereocenters. The zero-order chi connectivity index (χ0) is 16.4. The molecule has 0 saturated carbocycles. The van der Waals surface area contributed by atoms with Gasteiger partial charge in [0.2, 0.25) is 5.13 Å². The number of hydrogen-bond acceptors (Lipinski definition) is 6. The number of benzene rings is 1. The molecule has 1 aliphatic rings. The van der Waals surface area contributed by atoms with E-state index in [1.165, 1.54) is 11.3 Å². The molecule has 0 bridgehead atoms. The average Bonchev–Trinajstić information content (AvgIpc) is 2.93. The second-order valence-corrected chi connectivity index (χ2v) is 6.91. The monoisotopic (exact) mass is 331 g/mol. The average molecular weight is 331 g/mol. The lowest BCUT2D eigenvalue weighted by atomic mass is 9.98. The van der Waals surface area contributed by atoms with Crippen LogP contribution in [0.25, 0.3) is 0 Å². The molecule has 2 aromatic rings. The normalized spacial score (nSPS) is 16.8. The Morgan fingerprint density at radius 3 is 2.96 bits per heavy atom. The number of nitrogens with one attached hydrogen (secondary N) is 1. The molecule has 1 aromatic carbocycles. The van der Waals surface area contributed by atoms with E-state index in [1.807, 2.05) is 12.1 Å². The fourth-order valence-electron chi connectivity index (χ4n) is 2.40. The summed E-state index contributed by atoms with van der Waals surface area (Å²) in [5.41, 5.74) is 1.34. The minimum atomic E-state index is -0.838. The van der Waals surface area contributed by atoms with Crippen molar-refractivity contribution in [3.8, 4) is 0 Å². The summed E-state index contributed by atoms with van der Waals surface area (Å²) in [6.07, 6.45) is 0.347. The number of nitrogens with zero attached hydrogens (tertiary/aromatic N) is 2. The van der Waals surface area contributed by atoms with Gasteiger partial charge in [0.1, 0.15) is 5.01 Å². The summed E-state index contributed by atoms with van der Waals surface area (Å²) in [5.74, 6) is -0.368. The lowest BCUT2D eigenvalue weighted by Crippen LogP contribution is -2.37. The number of ether oxygens (including phenoxy) is 1. The van der Waals surface area contributed by atoms with E-state index >= 15 is 0 Å². The van der Waals surface area contributed by atoms with Crippen LogP contribution >= 0.6 is 11.3 Å². The van der Waals surface area contributed by atoms with Gasteiger partial charge < -0.3 is 4.74 Å². The van der Waals surface area contributed by atoms with Crippen LogP contribution in [0.5, 0.6) is 0 Å². The number of rotatable bonds is 4. The van der Waals surface area contributed by atoms with Gasteiger partial charge in [0.25, 0.3) is 5.91 Å². The van der Waals surface area contributed by atoms with Gasteiger partial charge in [0, 0.05) is 12.8 Å². The molecule has 6 nitrogen and oxygen atoms in total. The van der Waals surface area contributed by atoms with Crippen LogP contribution in [0.2, 0.25) is 0 Å². The van der Waals surface area contributed by atoms with Crippen molar-refractivity contribution in [3.05, 3.63) is 40.4 Å². The summed E-state index contributed by atoms with van der Waals surface area (Å²) < 4.78 is 5.22. The van der Waals surface area contributed by atoms with Gasteiger partial charge in [-0.3, -0.25) is 10.1 Å². The number of esters is 1. The van der Waals surface area contributed by atoms with E-state index in [-0.39, 0.29) is 5.91 Å². The molecule has 1 aromatic heterocycles. The van der Waals surface area contributed by atoms with Crippen LogP contribution in [0, 0.1) is 5.92 Å². The van der Waals surface area contributed by atoms with Crippen LogP contribution < -0.4 is 5.32 Å². The van der Waals surface area contributed by atoms with E-state index in [1.54, 1.807) is 12.1 Å². The SMILES string of the molecule is CC(C)Cc1nnc(NC(=O)C2Cc3ccccc3C(=O)O2)s1. The largest absolute Gasteiger partial charge is 0.448 e. The van der Waals surface area contributed by atoms with Crippen molar-refractivity contribution in [1.82, 2.24) is 10.2 Å². The van der Waals surface area contributed by atoms with E-state index in [4.69, 9.17) is 4.74 Å². The molecule has 0 aliphatic carbocycles. The van der Waals surface area contributed by atoms with Crippen molar-refractivity contribution in [2.45, 2.75) is 32.8 Å². The third-order valence-corrected chi connectivity index (χ3v) is 4.33. The number of carbonyl (C=O) groups is 2. The minimum Gasteiger partial charge on any atom is -0.448 e. The summed E-state index contributed by atoms with van der Waals surface area (Å²) in [6, 6.07) is 7.16. The lowest BCUT2D eigenvalue weighted by molar-refractivity contribution is -0.125. The second-order valence-electron chi connectivity index (χ2n) is 5.84. The van der Waals surface area contributed by atoms with Crippen LogP contribution in [-0.4, -0.2) is 28.2 Å². The molecular weight excluding hydrogens is 314 g/mol. The Kier molecular flexibility index (Phi) is 4.38. The molecule has 7 heteroatoms. The molecule has 23 heavy (non-hydrogen) atoms. The van der Waals surface area contributed by atoms with Crippen LogP contribution in [0.3, 0.4) is 0 Å². The Morgan fingerprint density at radius 1 is 1.39 bits per heavy atom. The van der Waals surface area contributed by atoms with Gasteiger partial charge in [-0.15, -0.1) is 10.2 Å². The molecule has 1 N–H and O–H groups in total. The number of amides is 1. The topological polar surface area (TPSA) is 81.2 Å². The molecule has 0 radical (unpaired) electrons. The molecule has 2 heterocycles. The Hall–Kier alpha value is -2.28. The first-order valence-electron chi connectivity index (χ1n) is 7.45. The van der Waals surface area contributed by atoms with Gasteiger partial charge >= 0.3 is 5.97 Å². The van der Waals surface area contributed by atoms with Gasteiger partial charge in [0.15, 0.2) is 6.10 Å². The smallest absolute Gasteiger partial charge is 0.339 e. The first-order valence-corrected chi connectivity index (χ1v) is 8.26. The fourth-order valence-corrected chi connectivity index (χ4v) is 3.35. The Labute approximate surface area is 137 Å². The summed E-state index contributed by atoms with van der Waals surface area (Å²) >= 11 is 1.35. The lowest BCUT2D eigenvalue weighted by Gasteiger charge is -2.23. The standard InChI is InChI=1S/C16H17N3O3S/c1-9(2)7-13-18-19-16(23-13)17-14(20)12-8-10-5-3-4-6-11(10)15(21)22-12/h3-6,9,12H,7-8H2,1-2H3,(H,17,19,20). The number of carbonyl (C=O) groups excluding carboxylic acids is 2. The van der Waals surface area contributed by atoms with E-state index in [0.717, 1.165) is 17.0 Å². The number of hydrogen-bond donors (Lipinski definition) is 1. The zero-order valence-electron chi connectivity index (χ0n) is 12.9. The highest BCUT2D eigenvalue weighted by Gasteiger charge is 2.31. The van der Waals surface area contributed by atoms with Crippen molar-refractivity contribution in [3.63, 3.8) is 0 Å². The third kappa shape index (κ3) is 3.56. The maximum Gasteiger partial charge on any atom is 0.339 e. The molecule has 3 rings (SSSR count). The molecule has 0 spiro atoms. The molecular formula is C16H17N3O3S. The van der Waals surface area contributed by atoms with E-state index in [0.29, 0.717) is 23.0 Å². The van der Waals surface area contributed by atoms with Crippen molar-refractivity contribution >= 4 is 28.3 Å². The predicted molar refractivity (Wildman–Crippen MR) is 86.4 cm³/mol. The summed E-state index contributed by atoms with van der Waals surface area (Å²) in [4.78, 5) is 24.3. The van der Waals surface area contributed by atoms with Gasteiger partial charge in [-0.05, 0) is 17.5 Å². The first kappa shape index (κ1) is 15.6. The summed E-state index contributed by atoms with van der Waals surface area (Å²) in [6.45, 7) is 4.19. The maximum atomic E-state index is 12.3. The number of fused-ring (bicyclic) bond motifs is 1. The number of anilines is 1. The van der Waals surface area contributed by atoms with Crippen molar-refractivity contribution in [2.75, 3.05) is 5.32 Å². The summed E-state index contributed by atoms with van der Waals surface area (Å²) in [5, 5.41) is 12.0. The van der Waals surface area contributed by atoms with Crippen LogP contribution in [0.15, 0.2) is 24.3 Å². The highest BCUT2D eigenvalue weighted by molar-refractivity contribution is 7.15.